The summed E-state index contributed by atoms with van der Waals surface area (Å²) in [5.41, 5.74) is 1.52. The first kappa shape index (κ1) is 15.4. The van der Waals surface area contributed by atoms with Gasteiger partial charge in [0.15, 0.2) is 0 Å². The van der Waals surface area contributed by atoms with E-state index in [1.807, 2.05) is 11.3 Å². The lowest BCUT2D eigenvalue weighted by Crippen LogP contribution is -2.33. The molecule has 1 aliphatic carbocycles. The van der Waals surface area contributed by atoms with Gasteiger partial charge < -0.3 is 5.32 Å². The molecule has 2 aromatic rings. The fourth-order valence-electron chi connectivity index (χ4n) is 3.24. The second kappa shape index (κ2) is 7.66. The Morgan fingerprint density at radius 3 is 2.90 bits per heavy atom. The van der Waals surface area contributed by atoms with E-state index in [1.54, 1.807) is 0 Å². The van der Waals surface area contributed by atoms with Gasteiger partial charge in [0.25, 0.3) is 0 Å². The summed E-state index contributed by atoms with van der Waals surface area (Å²) in [5.74, 6) is 1.25. The highest BCUT2D eigenvalue weighted by Crippen LogP contribution is 2.31. The minimum Gasteiger partial charge on any atom is -0.313 e. The number of rotatable bonds is 7. The molecule has 1 aromatic carbocycles. The van der Waals surface area contributed by atoms with E-state index in [1.165, 1.54) is 47.1 Å². The van der Waals surface area contributed by atoms with E-state index >= 15 is 0 Å². The SMILES string of the molecule is CCNC(CSC1CCCC1)Cc1csc2ccccc12. The van der Waals surface area contributed by atoms with Crippen molar-refractivity contribution in [3.05, 3.63) is 35.2 Å². The summed E-state index contributed by atoms with van der Waals surface area (Å²) in [4.78, 5) is 0. The first-order valence-electron chi connectivity index (χ1n) is 8.17. The Morgan fingerprint density at radius 2 is 2.10 bits per heavy atom. The fraction of sp³-hybridized carbons (Fsp3) is 0.556. The van der Waals surface area contributed by atoms with Crippen molar-refractivity contribution < 1.29 is 0 Å². The van der Waals surface area contributed by atoms with Gasteiger partial charge in [-0.1, -0.05) is 38.0 Å². The van der Waals surface area contributed by atoms with Crippen LogP contribution in [0.1, 0.15) is 38.2 Å². The van der Waals surface area contributed by atoms with Crippen LogP contribution in [0.2, 0.25) is 0 Å². The van der Waals surface area contributed by atoms with Crippen molar-refractivity contribution in [1.29, 1.82) is 0 Å². The highest BCUT2D eigenvalue weighted by atomic mass is 32.2. The van der Waals surface area contributed by atoms with Gasteiger partial charge in [0, 0.05) is 21.7 Å². The molecule has 3 heteroatoms. The predicted molar refractivity (Wildman–Crippen MR) is 97.7 cm³/mol. The molecule has 0 radical (unpaired) electrons. The number of hydrogen-bond acceptors (Lipinski definition) is 3. The van der Waals surface area contributed by atoms with Crippen molar-refractivity contribution in [1.82, 2.24) is 5.32 Å². The summed E-state index contributed by atoms with van der Waals surface area (Å²) in [7, 11) is 0. The summed E-state index contributed by atoms with van der Waals surface area (Å²) in [6, 6.07) is 9.42. The van der Waals surface area contributed by atoms with Gasteiger partial charge in [-0.15, -0.1) is 11.3 Å². The zero-order valence-corrected chi connectivity index (χ0v) is 14.4. The summed E-state index contributed by atoms with van der Waals surface area (Å²) in [5, 5.41) is 8.43. The van der Waals surface area contributed by atoms with Crippen molar-refractivity contribution in [3.8, 4) is 0 Å². The van der Waals surface area contributed by atoms with E-state index in [0.29, 0.717) is 6.04 Å². The molecular formula is C18H25NS2. The molecule has 1 aliphatic rings. The van der Waals surface area contributed by atoms with Crippen LogP contribution in [-0.4, -0.2) is 23.6 Å². The topological polar surface area (TPSA) is 12.0 Å². The molecule has 0 bridgehead atoms. The average Bonchev–Trinajstić information content (AvgIpc) is 3.15. The van der Waals surface area contributed by atoms with Crippen LogP contribution in [0, 0.1) is 0 Å². The molecule has 1 fully saturated rings. The molecule has 0 saturated heterocycles. The Labute approximate surface area is 136 Å². The van der Waals surface area contributed by atoms with Crippen molar-refractivity contribution in [2.45, 2.75) is 50.3 Å². The smallest absolute Gasteiger partial charge is 0.0345 e. The maximum Gasteiger partial charge on any atom is 0.0345 e. The predicted octanol–water partition coefficient (Wildman–Crippen LogP) is 5.10. The number of thioether (sulfide) groups is 1. The van der Waals surface area contributed by atoms with Gasteiger partial charge in [-0.05, 0) is 48.2 Å². The summed E-state index contributed by atoms with van der Waals surface area (Å²) in [6.07, 6.45) is 6.92. The number of thiophene rings is 1. The van der Waals surface area contributed by atoms with Crippen molar-refractivity contribution >= 4 is 33.2 Å². The fourth-order valence-corrected chi connectivity index (χ4v) is 5.62. The summed E-state index contributed by atoms with van der Waals surface area (Å²) >= 11 is 4.08. The monoisotopic (exact) mass is 319 g/mol. The van der Waals surface area contributed by atoms with Crippen LogP contribution in [0.15, 0.2) is 29.6 Å². The van der Waals surface area contributed by atoms with E-state index < -0.39 is 0 Å². The van der Waals surface area contributed by atoms with E-state index in [9.17, 15) is 0 Å². The molecule has 1 aromatic heterocycles. The molecule has 0 spiro atoms. The lowest BCUT2D eigenvalue weighted by atomic mass is 10.1. The molecule has 1 heterocycles. The van der Waals surface area contributed by atoms with Crippen LogP contribution in [0.5, 0.6) is 0 Å². The van der Waals surface area contributed by atoms with E-state index in [0.717, 1.165) is 18.2 Å². The third-order valence-corrected chi connectivity index (χ3v) is 6.91. The number of likely N-dealkylation sites (N-methyl/N-ethyl adjacent to an activating group) is 1. The first-order valence-corrected chi connectivity index (χ1v) is 10.1. The molecular weight excluding hydrogens is 294 g/mol. The number of nitrogens with one attached hydrogen (secondary N) is 1. The van der Waals surface area contributed by atoms with Crippen molar-refractivity contribution in [2.24, 2.45) is 0 Å². The summed E-state index contributed by atoms with van der Waals surface area (Å²) < 4.78 is 1.42. The first-order chi connectivity index (χ1) is 10.4. The second-order valence-electron chi connectivity index (χ2n) is 5.96. The van der Waals surface area contributed by atoms with Crippen LogP contribution < -0.4 is 5.32 Å². The van der Waals surface area contributed by atoms with Gasteiger partial charge in [0.2, 0.25) is 0 Å². The molecule has 0 aliphatic heterocycles. The van der Waals surface area contributed by atoms with Crippen LogP contribution in [-0.2, 0) is 6.42 Å². The van der Waals surface area contributed by atoms with Crippen molar-refractivity contribution in [2.75, 3.05) is 12.3 Å². The minimum atomic E-state index is 0.610. The lowest BCUT2D eigenvalue weighted by Gasteiger charge is -2.19. The van der Waals surface area contributed by atoms with Gasteiger partial charge in [0.05, 0.1) is 0 Å². The molecule has 1 unspecified atom stereocenters. The minimum absolute atomic E-state index is 0.610. The summed E-state index contributed by atoms with van der Waals surface area (Å²) in [6.45, 7) is 3.29. The number of hydrogen-bond donors (Lipinski definition) is 1. The number of benzene rings is 1. The van der Waals surface area contributed by atoms with Crippen LogP contribution >= 0.6 is 23.1 Å². The molecule has 114 valence electrons. The van der Waals surface area contributed by atoms with Crippen LogP contribution in [0.3, 0.4) is 0 Å². The van der Waals surface area contributed by atoms with Gasteiger partial charge in [-0.2, -0.15) is 11.8 Å². The van der Waals surface area contributed by atoms with Gasteiger partial charge in [0.1, 0.15) is 0 Å². The Balaban J connectivity index is 1.63. The molecule has 1 atom stereocenters. The quantitative estimate of drug-likeness (QED) is 0.762. The molecule has 1 N–H and O–H groups in total. The van der Waals surface area contributed by atoms with E-state index in [2.05, 4.69) is 53.6 Å². The van der Waals surface area contributed by atoms with Gasteiger partial charge in [-0.25, -0.2) is 0 Å². The van der Waals surface area contributed by atoms with Gasteiger partial charge in [-0.3, -0.25) is 0 Å². The Morgan fingerprint density at radius 1 is 1.29 bits per heavy atom. The second-order valence-corrected chi connectivity index (χ2v) is 8.20. The number of fused-ring (bicyclic) bond motifs is 1. The molecule has 21 heavy (non-hydrogen) atoms. The zero-order chi connectivity index (χ0) is 14.5. The molecule has 3 rings (SSSR count). The largest absolute Gasteiger partial charge is 0.313 e. The highest BCUT2D eigenvalue weighted by Gasteiger charge is 2.18. The Bertz CT molecular complexity index is 557. The average molecular weight is 320 g/mol. The van der Waals surface area contributed by atoms with E-state index in [4.69, 9.17) is 0 Å². The van der Waals surface area contributed by atoms with Crippen LogP contribution in [0.4, 0.5) is 0 Å². The normalized spacial score (nSPS) is 17.6. The lowest BCUT2D eigenvalue weighted by molar-refractivity contribution is 0.574. The van der Waals surface area contributed by atoms with E-state index in [-0.39, 0.29) is 0 Å². The third-order valence-electron chi connectivity index (χ3n) is 4.36. The highest BCUT2D eigenvalue weighted by molar-refractivity contribution is 7.99. The third kappa shape index (κ3) is 4.02. The molecule has 0 amide bonds. The maximum absolute atomic E-state index is 3.69. The van der Waals surface area contributed by atoms with Crippen LogP contribution in [0.25, 0.3) is 10.1 Å². The Kier molecular flexibility index (Phi) is 5.61. The zero-order valence-electron chi connectivity index (χ0n) is 12.8. The standard InChI is InChI=1S/C18H25NS2/c1-2-19-15(13-20-16-7-3-4-8-16)11-14-12-21-18-10-6-5-9-17(14)18/h5-6,9-10,12,15-16,19H,2-4,7-8,11,13H2,1H3. The van der Waals surface area contributed by atoms with Crippen molar-refractivity contribution in [3.63, 3.8) is 0 Å². The molecule has 1 saturated carbocycles. The van der Waals surface area contributed by atoms with Gasteiger partial charge >= 0.3 is 0 Å². The maximum atomic E-state index is 3.69. The Hall–Kier alpha value is -0.510. The molecule has 1 nitrogen and oxygen atoms in total.